The van der Waals surface area contributed by atoms with Gasteiger partial charge < -0.3 is 4.74 Å². The van der Waals surface area contributed by atoms with Gasteiger partial charge in [-0.15, -0.1) is 0 Å². The van der Waals surface area contributed by atoms with Gasteiger partial charge in [-0.3, -0.25) is 4.68 Å². The van der Waals surface area contributed by atoms with E-state index in [1.54, 1.807) is 11.8 Å². The average Bonchev–Trinajstić information content (AvgIpc) is 2.69. The van der Waals surface area contributed by atoms with Crippen LogP contribution in [0.5, 0.6) is 0 Å². The molecule has 0 unspecified atom stereocenters. The van der Waals surface area contributed by atoms with Crippen molar-refractivity contribution in [1.82, 2.24) is 19.5 Å². The van der Waals surface area contributed by atoms with Gasteiger partial charge in [0.2, 0.25) is 10.0 Å². The first-order valence-electron chi connectivity index (χ1n) is 7.42. The van der Waals surface area contributed by atoms with Gasteiger partial charge in [0.15, 0.2) is 5.82 Å². The van der Waals surface area contributed by atoms with Crippen molar-refractivity contribution in [1.29, 1.82) is 0 Å². The van der Waals surface area contributed by atoms with E-state index < -0.39 is 15.4 Å². The van der Waals surface area contributed by atoms with E-state index in [1.165, 1.54) is 0 Å². The molecule has 0 radical (unpaired) electrons. The lowest BCUT2D eigenvalue weighted by Gasteiger charge is -2.23. The Kier molecular flexibility index (Phi) is 6.51. The molecule has 0 fully saturated rings. The van der Waals surface area contributed by atoms with Gasteiger partial charge >= 0.3 is 0 Å². The quantitative estimate of drug-likeness (QED) is 0.731. The summed E-state index contributed by atoms with van der Waals surface area (Å²) in [5.74, 6) is 1.85. The van der Waals surface area contributed by atoms with E-state index in [2.05, 4.69) is 14.8 Å². The minimum atomic E-state index is -3.34. The van der Waals surface area contributed by atoms with Crippen LogP contribution >= 0.6 is 0 Å². The highest BCUT2D eigenvalue weighted by atomic mass is 32.2. The molecular formula is C14H28N4O3S. The van der Waals surface area contributed by atoms with Crippen LogP contribution in [0.25, 0.3) is 0 Å². The lowest BCUT2D eigenvalue weighted by Crippen LogP contribution is -2.37. The fourth-order valence-corrected chi connectivity index (χ4v) is 3.84. The SMILES string of the molecule is COCC(C)(C)CS(=O)(=O)NCCc1nc(C(C)C)nn1C. The maximum atomic E-state index is 12.1. The minimum Gasteiger partial charge on any atom is -0.384 e. The first-order valence-corrected chi connectivity index (χ1v) is 9.07. The largest absolute Gasteiger partial charge is 0.384 e. The molecule has 0 amide bonds. The van der Waals surface area contributed by atoms with Gasteiger partial charge in [-0.2, -0.15) is 5.10 Å². The number of sulfonamides is 1. The number of rotatable bonds is 9. The van der Waals surface area contributed by atoms with Crippen molar-refractivity contribution in [2.24, 2.45) is 12.5 Å². The lowest BCUT2D eigenvalue weighted by atomic mass is 9.98. The third-order valence-electron chi connectivity index (χ3n) is 3.17. The fraction of sp³-hybridized carbons (Fsp3) is 0.857. The maximum absolute atomic E-state index is 12.1. The van der Waals surface area contributed by atoms with Crippen LogP contribution in [-0.4, -0.2) is 49.2 Å². The molecule has 1 rings (SSSR count). The first-order chi connectivity index (χ1) is 10.1. The summed E-state index contributed by atoms with van der Waals surface area (Å²) in [6.45, 7) is 8.50. The van der Waals surface area contributed by atoms with Crippen LogP contribution in [0.3, 0.4) is 0 Å². The van der Waals surface area contributed by atoms with E-state index in [-0.39, 0.29) is 11.7 Å². The smallest absolute Gasteiger partial charge is 0.212 e. The molecule has 0 saturated carbocycles. The van der Waals surface area contributed by atoms with Gasteiger partial charge in [0, 0.05) is 38.5 Å². The van der Waals surface area contributed by atoms with Crippen LogP contribution in [0, 0.1) is 5.41 Å². The molecule has 1 heterocycles. The molecule has 7 nitrogen and oxygen atoms in total. The second-order valence-corrected chi connectivity index (χ2v) is 8.47. The topological polar surface area (TPSA) is 86.1 Å². The molecular weight excluding hydrogens is 304 g/mol. The number of hydrogen-bond donors (Lipinski definition) is 1. The van der Waals surface area contributed by atoms with Crippen LogP contribution in [0.4, 0.5) is 0 Å². The molecule has 1 aromatic heterocycles. The maximum Gasteiger partial charge on any atom is 0.212 e. The number of methoxy groups -OCH3 is 1. The summed E-state index contributed by atoms with van der Waals surface area (Å²) in [7, 11) is 0.0540. The van der Waals surface area contributed by atoms with E-state index >= 15 is 0 Å². The Morgan fingerprint density at radius 1 is 1.36 bits per heavy atom. The predicted octanol–water partition coefficient (Wildman–Crippen LogP) is 1.07. The molecule has 8 heteroatoms. The summed E-state index contributed by atoms with van der Waals surface area (Å²) in [6.07, 6.45) is 0.514. The van der Waals surface area contributed by atoms with Crippen molar-refractivity contribution in [3.63, 3.8) is 0 Å². The number of hydrogen-bond acceptors (Lipinski definition) is 5. The van der Waals surface area contributed by atoms with Gasteiger partial charge in [-0.05, 0) is 0 Å². The Hall–Kier alpha value is -0.990. The van der Waals surface area contributed by atoms with E-state index in [0.717, 1.165) is 11.6 Å². The summed E-state index contributed by atoms with van der Waals surface area (Å²) in [4.78, 5) is 4.43. The number of aryl methyl sites for hydroxylation is 1. The molecule has 128 valence electrons. The summed E-state index contributed by atoms with van der Waals surface area (Å²) in [6, 6.07) is 0. The van der Waals surface area contributed by atoms with E-state index in [0.29, 0.717) is 19.6 Å². The first kappa shape index (κ1) is 19.1. The Labute approximate surface area is 133 Å². The molecule has 0 aliphatic rings. The number of nitrogens with one attached hydrogen (secondary N) is 1. The highest BCUT2D eigenvalue weighted by Gasteiger charge is 2.26. The van der Waals surface area contributed by atoms with Crippen molar-refractivity contribution in [3.8, 4) is 0 Å². The summed E-state index contributed by atoms with van der Waals surface area (Å²) in [5, 5.41) is 4.32. The molecule has 0 saturated heterocycles. The monoisotopic (exact) mass is 332 g/mol. The van der Waals surface area contributed by atoms with Crippen molar-refractivity contribution >= 4 is 10.0 Å². The van der Waals surface area contributed by atoms with Gasteiger partial charge in [0.1, 0.15) is 5.82 Å². The molecule has 0 spiro atoms. The molecule has 1 aromatic rings. The molecule has 0 bridgehead atoms. The zero-order valence-electron chi connectivity index (χ0n) is 14.4. The van der Waals surface area contributed by atoms with E-state index in [9.17, 15) is 8.42 Å². The minimum absolute atomic E-state index is 0.0316. The van der Waals surface area contributed by atoms with E-state index in [4.69, 9.17) is 4.74 Å². The Morgan fingerprint density at radius 2 is 2.00 bits per heavy atom. The zero-order chi connectivity index (χ0) is 17.0. The normalized spacial score (nSPS) is 13.0. The predicted molar refractivity (Wildman–Crippen MR) is 86.2 cm³/mol. The van der Waals surface area contributed by atoms with Crippen molar-refractivity contribution in [3.05, 3.63) is 11.6 Å². The second kappa shape index (κ2) is 7.52. The van der Waals surface area contributed by atoms with Crippen molar-refractivity contribution in [2.75, 3.05) is 26.0 Å². The van der Waals surface area contributed by atoms with Crippen LogP contribution in [0.1, 0.15) is 45.3 Å². The summed E-state index contributed by atoms with van der Waals surface area (Å²) >= 11 is 0. The highest BCUT2D eigenvalue weighted by Crippen LogP contribution is 2.17. The molecule has 0 aromatic carbocycles. The van der Waals surface area contributed by atoms with Crippen LogP contribution in [0.2, 0.25) is 0 Å². The van der Waals surface area contributed by atoms with Gasteiger partial charge in [0.25, 0.3) is 0 Å². The second-order valence-electron chi connectivity index (χ2n) is 6.67. The summed E-state index contributed by atoms with van der Waals surface area (Å²) in [5.41, 5.74) is -0.420. The van der Waals surface area contributed by atoms with Crippen molar-refractivity contribution < 1.29 is 13.2 Å². The van der Waals surface area contributed by atoms with Crippen LogP contribution < -0.4 is 4.72 Å². The van der Waals surface area contributed by atoms with Crippen LogP contribution in [0.15, 0.2) is 0 Å². The Balaban J connectivity index is 2.56. The average molecular weight is 332 g/mol. The van der Waals surface area contributed by atoms with Crippen molar-refractivity contribution in [2.45, 2.75) is 40.0 Å². The fourth-order valence-electron chi connectivity index (χ4n) is 2.22. The Morgan fingerprint density at radius 3 is 2.50 bits per heavy atom. The zero-order valence-corrected chi connectivity index (χ0v) is 15.2. The molecule has 0 aliphatic heterocycles. The standard InChI is InChI=1S/C14H28N4O3S/c1-11(2)13-16-12(18(5)17-13)7-8-15-22(19,20)10-14(3,4)9-21-6/h11,15H,7-10H2,1-6H3. The number of aromatic nitrogens is 3. The molecule has 22 heavy (non-hydrogen) atoms. The molecule has 0 atom stereocenters. The number of ether oxygens (including phenoxy) is 1. The van der Waals surface area contributed by atoms with E-state index in [1.807, 2.05) is 34.7 Å². The third-order valence-corrected chi connectivity index (χ3v) is 4.98. The molecule has 1 N–H and O–H groups in total. The number of nitrogens with zero attached hydrogens (tertiary/aromatic N) is 3. The highest BCUT2D eigenvalue weighted by molar-refractivity contribution is 7.89. The Bertz CT molecular complexity index is 579. The van der Waals surface area contributed by atoms with Gasteiger partial charge in [-0.25, -0.2) is 18.1 Å². The van der Waals surface area contributed by atoms with Gasteiger partial charge in [0.05, 0.1) is 12.4 Å². The summed E-state index contributed by atoms with van der Waals surface area (Å²) < 4.78 is 33.6. The third kappa shape index (κ3) is 6.02. The van der Waals surface area contributed by atoms with Gasteiger partial charge in [-0.1, -0.05) is 27.7 Å². The lowest BCUT2D eigenvalue weighted by molar-refractivity contribution is 0.118. The molecule has 0 aliphatic carbocycles. The van der Waals surface area contributed by atoms with Crippen LogP contribution in [-0.2, 0) is 28.2 Å².